The summed E-state index contributed by atoms with van der Waals surface area (Å²) in [5.74, 6) is 0.167. The third-order valence-electron chi connectivity index (χ3n) is 5.85. The van der Waals surface area contributed by atoms with Crippen LogP contribution >= 0.6 is 0 Å². The van der Waals surface area contributed by atoms with Crippen molar-refractivity contribution >= 4 is 16.8 Å². The Morgan fingerprint density at radius 3 is 2.58 bits per heavy atom. The lowest BCUT2D eigenvalue weighted by molar-refractivity contribution is 0.0497. The van der Waals surface area contributed by atoms with Crippen LogP contribution < -0.4 is 5.32 Å². The number of carbonyl (C=O) groups excluding carboxylic acids is 1. The average molecular weight is 323 g/mol. The Kier molecular flexibility index (Phi) is 4.01. The number of hydrogen-bond donors (Lipinski definition) is 1. The highest BCUT2D eigenvalue weighted by Crippen LogP contribution is 2.39. The van der Waals surface area contributed by atoms with Crippen LogP contribution in [0.25, 0.3) is 10.9 Å². The number of hydrogen-bond acceptors (Lipinski definition) is 3. The standard InChI is InChI=1S/C20H25N3O/c1-15-14-17(16-4-2-3-5-18(16)22-15)19(24)23-12-8-20(9-13-23)6-10-21-11-7-20/h2-5,14,21H,6-13H2,1H3. The Morgan fingerprint density at radius 1 is 1.12 bits per heavy atom. The van der Waals surface area contributed by atoms with Gasteiger partial charge < -0.3 is 10.2 Å². The number of likely N-dealkylation sites (tertiary alicyclic amines) is 1. The van der Waals surface area contributed by atoms with Gasteiger partial charge in [-0.15, -0.1) is 0 Å². The first-order valence-corrected chi connectivity index (χ1v) is 9.03. The molecule has 1 spiro atoms. The van der Waals surface area contributed by atoms with Crippen LogP contribution in [0.2, 0.25) is 0 Å². The third kappa shape index (κ3) is 2.80. The van der Waals surface area contributed by atoms with Crippen molar-refractivity contribution in [2.45, 2.75) is 32.6 Å². The summed E-state index contributed by atoms with van der Waals surface area (Å²) in [5, 5.41) is 4.42. The van der Waals surface area contributed by atoms with E-state index in [4.69, 9.17) is 0 Å². The number of benzene rings is 1. The Balaban J connectivity index is 1.57. The molecule has 0 aliphatic carbocycles. The lowest BCUT2D eigenvalue weighted by Crippen LogP contribution is -2.47. The molecule has 24 heavy (non-hydrogen) atoms. The molecular weight excluding hydrogens is 298 g/mol. The summed E-state index contributed by atoms with van der Waals surface area (Å²) < 4.78 is 0. The van der Waals surface area contributed by atoms with Crippen LogP contribution in [-0.4, -0.2) is 42.0 Å². The van der Waals surface area contributed by atoms with Crippen molar-refractivity contribution in [1.82, 2.24) is 15.2 Å². The van der Waals surface area contributed by atoms with E-state index < -0.39 is 0 Å². The summed E-state index contributed by atoms with van der Waals surface area (Å²) in [7, 11) is 0. The molecule has 0 radical (unpaired) electrons. The molecule has 0 saturated carbocycles. The van der Waals surface area contributed by atoms with E-state index in [1.165, 1.54) is 12.8 Å². The zero-order valence-electron chi connectivity index (χ0n) is 14.3. The van der Waals surface area contributed by atoms with E-state index >= 15 is 0 Å². The quantitative estimate of drug-likeness (QED) is 0.877. The van der Waals surface area contributed by atoms with E-state index in [1.807, 2.05) is 37.3 Å². The van der Waals surface area contributed by atoms with Crippen LogP contribution in [0.3, 0.4) is 0 Å². The SMILES string of the molecule is Cc1cc(C(=O)N2CCC3(CCNCC3)CC2)c2ccccc2n1. The van der Waals surface area contributed by atoms with E-state index in [9.17, 15) is 4.79 Å². The summed E-state index contributed by atoms with van der Waals surface area (Å²) >= 11 is 0. The highest BCUT2D eigenvalue weighted by molar-refractivity contribution is 6.06. The number of para-hydroxylation sites is 1. The second kappa shape index (κ2) is 6.17. The maximum absolute atomic E-state index is 13.1. The molecule has 2 aliphatic heterocycles. The molecular formula is C20H25N3O. The van der Waals surface area contributed by atoms with Gasteiger partial charge in [0.15, 0.2) is 0 Å². The maximum Gasteiger partial charge on any atom is 0.254 e. The second-order valence-corrected chi connectivity index (χ2v) is 7.37. The lowest BCUT2D eigenvalue weighted by atomic mass is 9.71. The van der Waals surface area contributed by atoms with Gasteiger partial charge in [-0.3, -0.25) is 9.78 Å². The first-order chi connectivity index (χ1) is 11.7. The van der Waals surface area contributed by atoms with Gasteiger partial charge in [-0.2, -0.15) is 0 Å². The molecule has 3 heterocycles. The number of aromatic nitrogens is 1. The fourth-order valence-electron chi connectivity index (χ4n) is 4.30. The van der Waals surface area contributed by atoms with E-state index in [-0.39, 0.29) is 5.91 Å². The third-order valence-corrected chi connectivity index (χ3v) is 5.85. The highest BCUT2D eigenvalue weighted by atomic mass is 16.2. The average Bonchev–Trinajstić information content (AvgIpc) is 2.62. The summed E-state index contributed by atoms with van der Waals surface area (Å²) in [6.45, 7) is 5.98. The number of aryl methyl sites for hydroxylation is 1. The Labute approximate surface area is 143 Å². The molecule has 0 unspecified atom stereocenters. The molecule has 2 aromatic rings. The van der Waals surface area contributed by atoms with Gasteiger partial charge in [0.2, 0.25) is 0 Å². The molecule has 0 bridgehead atoms. The first-order valence-electron chi connectivity index (χ1n) is 9.03. The Hall–Kier alpha value is -1.94. The Bertz CT molecular complexity index is 755. The Morgan fingerprint density at radius 2 is 1.83 bits per heavy atom. The summed E-state index contributed by atoms with van der Waals surface area (Å²) in [4.78, 5) is 19.7. The zero-order chi connectivity index (χ0) is 16.6. The van der Waals surface area contributed by atoms with Gasteiger partial charge in [-0.25, -0.2) is 0 Å². The van der Waals surface area contributed by atoms with E-state index in [2.05, 4.69) is 15.2 Å². The molecule has 4 rings (SSSR count). The van der Waals surface area contributed by atoms with Crippen molar-refractivity contribution in [3.8, 4) is 0 Å². The summed E-state index contributed by atoms with van der Waals surface area (Å²) in [5.41, 5.74) is 3.09. The van der Waals surface area contributed by atoms with Crippen LogP contribution in [0.15, 0.2) is 30.3 Å². The predicted molar refractivity (Wildman–Crippen MR) is 96.2 cm³/mol. The molecule has 126 valence electrons. The molecule has 0 atom stereocenters. The number of rotatable bonds is 1. The normalized spacial score (nSPS) is 20.5. The number of fused-ring (bicyclic) bond motifs is 1. The van der Waals surface area contributed by atoms with Crippen LogP contribution in [0, 0.1) is 12.3 Å². The number of nitrogens with zero attached hydrogens (tertiary/aromatic N) is 2. The largest absolute Gasteiger partial charge is 0.339 e. The molecule has 1 aromatic carbocycles. The van der Waals surface area contributed by atoms with Crippen LogP contribution in [-0.2, 0) is 0 Å². The topological polar surface area (TPSA) is 45.2 Å². The molecule has 2 saturated heterocycles. The minimum absolute atomic E-state index is 0.167. The molecule has 1 amide bonds. The van der Waals surface area contributed by atoms with Gasteiger partial charge in [-0.1, -0.05) is 18.2 Å². The van der Waals surface area contributed by atoms with Gasteiger partial charge in [0.05, 0.1) is 11.1 Å². The van der Waals surface area contributed by atoms with Gasteiger partial charge in [0, 0.05) is 24.2 Å². The van der Waals surface area contributed by atoms with Crippen LogP contribution in [0.4, 0.5) is 0 Å². The van der Waals surface area contributed by atoms with E-state index in [1.54, 1.807) is 0 Å². The highest BCUT2D eigenvalue weighted by Gasteiger charge is 2.37. The van der Waals surface area contributed by atoms with Gasteiger partial charge in [-0.05, 0) is 63.2 Å². The van der Waals surface area contributed by atoms with Gasteiger partial charge in [0.25, 0.3) is 5.91 Å². The van der Waals surface area contributed by atoms with Crippen molar-refractivity contribution in [3.05, 3.63) is 41.6 Å². The van der Waals surface area contributed by atoms with E-state index in [0.29, 0.717) is 5.41 Å². The number of nitrogens with one attached hydrogen (secondary N) is 1. The maximum atomic E-state index is 13.1. The molecule has 2 fully saturated rings. The lowest BCUT2D eigenvalue weighted by Gasteiger charge is -2.44. The monoisotopic (exact) mass is 323 g/mol. The molecule has 2 aliphatic rings. The number of amides is 1. The number of piperidine rings is 2. The van der Waals surface area contributed by atoms with Crippen molar-refractivity contribution < 1.29 is 4.79 Å². The zero-order valence-corrected chi connectivity index (χ0v) is 14.3. The number of carbonyl (C=O) groups is 1. The first kappa shape index (κ1) is 15.6. The van der Waals surface area contributed by atoms with Crippen LogP contribution in [0.1, 0.15) is 41.7 Å². The van der Waals surface area contributed by atoms with Crippen molar-refractivity contribution in [1.29, 1.82) is 0 Å². The van der Waals surface area contributed by atoms with Crippen LogP contribution in [0.5, 0.6) is 0 Å². The van der Waals surface area contributed by atoms with Gasteiger partial charge >= 0.3 is 0 Å². The van der Waals surface area contributed by atoms with Crippen molar-refractivity contribution in [2.75, 3.05) is 26.2 Å². The molecule has 1 aromatic heterocycles. The molecule has 4 heteroatoms. The van der Waals surface area contributed by atoms with Gasteiger partial charge in [0.1, 0.15) is 0 Å². The fraction of sp³-hybridized carbons (Fsp3) is 0.500. The predicted octanol–water partition coefficient (Wildman–Crippen LogP) is 3.15. The minimum Gasteiger partial charge on any atom is -0.339 e. The van der Waals surface area contributed by atoms with Crippen molar-refractivity contribution in [3.63, 3.8) is 0 Å². The molecule has 4 nitrogen and oxygen atoms in total. The summed E-state index contributed by atoms with van der Waals surface area (Å²) in [6.07, 6.45) is 4.80. The number of pyridine rings is 1. The fourth-order valence-corrected chi connectivity index (χ4v) is 4.30. The minimum atomic E-state index is 0.167. The van der Waals surface area contributed by atoms with E-state index in [0.717, 1.165) is 61.2 Å². The second-order valence-electron chi connectivity index (χ2n) is 7.37. The smallest absolute Gasteiger partial charge is 0.254 e. The molecule has 1 N–H and O–H groups in total. The summed E-state index contributed by atoms with van der Waals surface area (Å²) in [6, 6.07) is 9.90. The van der Waals surface area contributed by atoms with Crippen molar-refractivity contribution in [2.24, 2.45) is 5.41 Å².